The first-order chi connectivity index (χ1) is 9.55. The Bertz CT molecular complexity index is 446. The maximum atomic E-state index is 14.1. The monoisotopic (exact) mass is 285 g/mol. The van der Waals surface area contributed by atoms with Crippen molar-refractivity contribution in [1.29, 1.82) is 0 Å². The number of methoxy groups -OCH3 is 2. The van der Waals surface area contributed by atoms with Gasteiger partial charge in [-0.3, -0.25) is 0 Å². The van der Waals surface area contributed by atoms with Crippen LogP contribution in [0.3, 0.4) is 0 Å². The van der Waals surface area contributed by atoms with Gasteiger partial charge in [0.15, 0.2) is 0 Å². The smallest absolute Gasteiger partial charge is 0.134 e. The van der Waals surface area contributed by atoms with Crippen molar-refractivity contribution >= 4 is 0 Å². The minimum absolute atomic E-state index is 0.0524. The number of hydrogen-bond acceptors (Lipinski definition) is 3. The molecule has 5 heteroatoms. The maximum Gasteiger partial charge on any atom is 0.134 e. The summed E-state index contributed by atoms with van der Waals surface area (Å²) in [4.78, 5) is 0. The molecule has 112 valence electrons. The Kier molecular flexibility index (Phi) is 4.60. The lowest BCUT2D eigenvalue weighted by Crippen LogP contribution is -2.42. The predicted octanol–water partition coefficient (Wildman–Crippen LogP) is 3.19. The molecule has 1 aromatic rings. The van der Waals surface area contributed by atoms with E-state index in [9.17, 15) is 8.78 Å². The van der Waals surface area contributed by atoms with E-state index in [2.05, 4.69) is 5.32 Å². The molecule has 1 aliphatic rings. The van der Waals surface area contributed by atoms with E-state index in [0.717, 1.165) is 19.3 Å². The zero-order valence-corrected chi connectivity index (χ0v) is 12.1. The number of ether oxygens (including phenoxy) is 2. The van der Waals surface area contributed by atoms with Crippen LogP contribution in [-0.4, -0.2) is 26.9 Å². The lowest BCUT2D eigenvalue weighted by atomic mass is 9.74. The molecule has 1 N–H and O–H groups in total. The van der Waals surface area contributed by atoms with Crippen LogP contribution in [0.5, 0.6) is 5.75 Å². The Morgan fingerprint density at radius 2 is 1.85 bits per heavy atom. The van der Waals surface area contributed by atoms with Crippen molar-refractivity contribution in [3.05, 3.63) is 29.3 Å². The highest BCUT2D eigenvalue weighted by Gasteiger charge is 2.40. The Balaban J connectivity index is 2.27. The van der Waals surface area contributed by atoms with Gasteiger partial charge in [0.1, 0.15) is 17.4 Å². The number of hydrogen-bond donors (Lipinski definition) is 1. The third-order valence-corrected chi connectivity index (χ3v) is 4.26. The molecule has 1 unspecified atom stereocenters. The zero-order chi connectivity index (χ0) is 14.8. The van der Waals surface area contributed by atoms with Crippen LogP contribution in [0.4, 0.5) is 8.78 Å². The second kappa shape index (κ2) is 6.06. The minimum atomic E-state index is -0.591. The lowest BCUT2D eigenvalue weighted by Gasteiger charge is -2.43. The van der Waals surface area contributed by atoms with Gasteiger partial charge in [-0.05, 0) is 32.7 Å². The van der Waals surface area contributed by atoms with Crippen LogP contribution in [0, 0.1) is 11.6 Å². The van der Waals surface area contributed by atoms with Crippen LogP contribution in [0.2, 0.25) is 0 Å². The Morgan fingerprint density at radius 3 is 2.20 bits per heavy atom. The number of benzene rings is 1. The first kappa shape index (κ1) is 15.2. The van der Waals surface area contributed by atoms with Crippen molar-refractivity contribution < 1.29 is 18.3 Å². The molecule has 0 heterocycles. The summed E-state index contributed by atoms with van der Waals surface area (Å²) in [6.07, 6.45) is 3.51. The molecular formula is C15H21F2NO2. The molecular weight excluding hydrogens is 264 g/mol. The average Bonchev–Trinajstić information content (AvgIpc) is 2.39. The van der Waals surface area contributed by atoms with E-state index in [1.54, 1.807) is 14.2 Å². The number of rotatable bonds is 6. The van der Waals surface area contributed by atoms with Crippen LogP contribution in [0.15, 0.2) is 12.1 Å². The van der Waals surface area contributed by atoms with Gasteiger partial charge in [-0.2, -0.15) is 0 Å². The van der Waals surface area contributed by atoms with Crippen molar-refractivity contribution in [2.45, 2.75) is 37.3 Å². The topological polar surface area (TPSA) is 30.5 Å². The molecule has 0 bridgehead atoms. The standard InChI is InChI=1S/C15H21F2NO2/c1-18-13(9-15(20-3)5-4-6-15)14-11(16)7-10(19-2)8-12(14)17/h7-8,13,18H,4-6,9H2,1-3H3. The summed E-state index contributed by atoms with van der Waals surface area (Å²) in [6, 6.07) is 2.01. The molecule has 0 saturated heterocycles. The fraction of sp³-hybridized carbons (Fsp3) is 0.600. The van der Waals surface area contributed by atoms with Gasteiger partial charge in [-0.15, -0.1) is 0 Å². The van der Waals surface area contributed by atoms with Gasteiger partial charge in [-0.1, -0.05) is 0 Å². The summed E-state index contributed by atoms with van der Waals surface area (Å²) in [7, 11) is 4.75. The quantitative estimate of drug-likeness (QED) is 0.870. The van der Waals surface area contributed by atoms with Crippen LogP contribution in [0.1, 0.15) is 37.3 Å². The lowest BCUT2D eigenvalue weighted by molar-refractivity contribution is -0.0837. The molecule has 1 saturated carbocycles. The first-order valence-electron chi connectivity index (χ1n) is 6.80. The number of nitrogens with one attached hydrogen (secondary N) is 1. The third-order valence-electron chi connectivity index (χ3n) is 4.26. The van der Waals surface area contributed by atoms with Crippen LogP contribution in [-0.2, 0) is 4.74 Å². The molecule has 0 spiro atoms. The van der Waals surface area contributed by atoms with Crippen LogP contribution < -0.4 is 10.1 Å². The van der Waals surface area contributed by atoms with E-state index >= 15 is 0 Å². The van der Waals surface area contributed by atoms with Gasteiger partial charge in [0.05, 0.1) is 12.7 Å². The molecule has 0 aromatic heterocycles. The molecule has 2 rings (SSSR count). The Hall–Kier alpha value is -1.20. The third kappa shape index (κ3) is 2.79. The Labute approximate surface area is 118 Å². The molecule has 3 nitrogen and oxygen atoms in total. The fourth-order valence-electron chi connectivity index (χ4n) is 2.79. The second-order valence-corrected chi connectivity index (χ2v) is 5.29. The molecule has 0 aliphatic heterocycles. The molecule has 0 amide bonds. The number of halogens is 2. The Morgan fingerprint density at radius 1 is 1.25 bits per heavy atom. The molecule has 1 atom stereocenters. The van der Waals surface area contributed by atoms with Gasteiger partial charge in [0, 0.05) is 30.8 Å². The molecule has 1 fully saturated rings. The molecule has 0 radical (unpaired) electrons. The van der Waals surface area contributed by atoms with Crippen molar-refractivity contribution in [1.82, 2.24) is 5.32 Å². The zero-order valence-electron chi connectivity index (χ0n) is 12.1. The molecule has 1 aromatic carbocycles. The molecule has 20 heavy (non-hydrogen) atoms. The fourth-order valence-corrected chi connectivity index (χ4v) is 2.79. The van der Waals surface area contributed by atoms with Gasteiger partial charge in [0.25, 0.3) is 0 Å². The maximum absolute atomic E-state index is 14.1. The summed E-state index contributed by atoms with van der Waals surface area (Å²) in [5.41, 5.74) is -0.205. The van der Waals surface area contributed by atoms with E-state index in [1.807, 2.05) is 0 Å². The van der Waals surface area contributed by atoms with E-state index < -0.39 is 17.7 Å². The second-order valence-electron chi connectivity index (χ2n) is 5.29. The largest absolute Gasteiger partial charge is 0.497 e. The highest BCUT2D eigenvalue weighted by atomic mass is 19.1. The van der Waals surface area contributed by atoms with Crippen LogP contribution >= 0.6 is 0 Å². The summed E-state index contributed by atoms with van der Waals surface area (Å²) < 4.78 is 38.7. The van der Waals surface area contributed by atoms with Crippen molar-refractivity contribution in [2.24, 2.45) is 0 Å². The van der Waals surface area contributed by atoms with Crippen molar-refractivity contribution in [3.8, 4) is 5.75 Å². The van der Waals surface area contributed by atoms with E-state index in [-0.39, 0.29) is 16.9 Å². The summed E-state index contributed by atoms with van der Waals surface area (Å²) in [5.74, 6) is -0.998. The van der Waals surface area contributed by atoms with E-state index in [4.69, 9.17) is 9.47 Å². The normalized spacial score (nSPS) is 18.4. The van der Waals surface area contributed by atoms with Gasteiger partial charge >= 0.3 is 0 Å². The van der Waals surface area contributed by atoms with Gasteiger partial charge < -0.3 is 14.8 Å². The van der Waals surface area contributed by atoms with E-state index in [0.29, 0.717) is 6.42 Å². The summed E-state index contributed by atoms with van der Waals surface area (Å²) in [5, 5.41) is 2.99. The highest BCUT2D eigenvalue weighted by Crippen LogP contribution is 2.42. The van der Waals surface area contributed by atoms with Gasteiger partial charge in [-0.25, -0.2) is 8.78 Å². The molecule has 1 aliphatic carbocycles. The van der Waals surface area contributed by atoms with E-state index in [1.165, 1.54) is 19.2 Å². The van der Waals surface area contributed by atoms with Crippen molar-refractivity contribution in [2.75, 3.05) is 21.3 Å². The predicted molar refractivity (Wildman–Crippen MR) is 72.9 cm³/mol. The van der Waals surface area contributed by atoms with Gasteiger partial charge in [0.2, 0.25) is 0 Å². The average molecular weight is 285 g/mol. The summed E-state index contributed by atoms with van der Waals surface area (Å²) in [6.45, 7) is 0. The first-order valence-corrected chi connectivity index (χ1v) is 6.80. The van der Waals surface area contributed by atoms with Crippen molar-refractivity contribution in [3.63, 3.8) is 0 Å². The highest BCUT2D eigenvalue weighted by molar-refractivity contribution is 5.32. The van der Waals surface area contributed by atoms with Crippen LogP contribution in [0.25, 0.3) is 0 Å². The minimum Gasteiger partial charge on any atom is -0.497 e. The SMILES string of the molecule is CNC(CC1(OC)CCC1)c1c(F)cc(OC)cc1F. The summed E-state index contributed by atoms with van der Waals surface area (Å²) >= 11 is 0.